The largest absolute Gasteiger partial charge is 0.322 e. The first-order valence-corrected chi connectivity index (χ1v) is 9.74. The molecule has 0 fully saturated rings. The first kappa shape index (κ1) is 18.2. The van der Waals surface area contributed by atoms with Crippen LogP contribution in [-0.2, 0) is 14.8 Å². The Balaban J connectivity index is 2.02. The monoisotopic (exact) mass is 408 g/mol. The molecule has 0 heterocycles. The lowest BCUT2D eigenvalue weighted by molar-refractivity contribution is -0.111. The van der Waals surface area contributed by atoms with Crippen LogP contribution in [0.2, 0.25) is 0 Å². The molecule has 0 bridgehead atoms. The van der Waals surface area contributed by atoms with E-state index in [0.29, 0.717) is 5.69 Å². The zero-order valence-corrected chi connectivity index (χ0v) is 15.6. The predicted molar refractivity (Wildman–Crippen MR) is 101 cm³/mol. The van der Waals surface area contributed by atoms with Gasteiger partial charge in [-0.15, -0.1) is 0 Å². The van der Waals surface area contributed by atoms with Crippen molar-refractivity contribution in [1.82, 2.24) is 0 Å². The van der Waals surface area contributed by atoms with E-state index in [1.54, 1.807) is 30.3 Å². The lowest BCUT2D eigenvalue weighted by Crippen LogP contribution is -2.09. The molecule has 0 radical (unpaired) electrons. The summed E-state index contributed by atoms with van der Waals surface area (Å²) in [6.07, 6.45) is 4.18. The predicted octanol–water partition coefficient (Wildman–Crippen LogP) is 3.78. The van der Waals surface area contributed by atoms with E-state index in [1.165, 1.54) is 6.08 Å². The lowest BCUT2D eigenvalue weighted by atomic mass is 10.2. The molecule has 7 heteroatoms. The van der Waals surface area contributed by atoms with E-state index < -0.39 is 10.0 Å². The number of aryl methyl sites for hydroxylation is 1. The molecule has 2 aromatic rings. The van der Waals surface area contributed by atoms with Crippen molar-refractivity contribution in [2.75, 3.05) is 16.3 Å². The van der Waals surface area contributed by atoms with Crippen LogP contribution in [0.4, 0.5) is 11.4 Å². The summed E-state index contributed by atoms with van der Waals surface area (Å²) in [6.45, 7) is 1.92. The number of carbonyl (C=O) groups is 1. The number of carbonyl (C=O) groups excluding carboxylic acids is 1. The molecule has 2 rings (SSSR count). The number of hydrogen-bond acceptors (Lipinski definition) is 3. The average Bonchev–Trinajstić information content (AvgIpc) is 2.49. The number of sulfonamides is 1. The maximum atomic E-state index is 12.0. The maximum absolute atomic E-state index is 12.0. The second kappa shape index (κ2) is 7.63. The number of hydrogen-bond donors (Lipinski definition) is 2. The van der Waals surface area contributed by atoms with Crippen molar-refractivity contribution in [3.05, 3.63) is 64.1 Å². The number of rotatable bonds is 5. The average molecular weight is 409 g/mol. The van der Waals surface area contributed by atoms with Gasteiger partial charge in [-0.05, 0) is 48.4 Å². The molecule has 24 heavy (non-hydrogen) atoms. The normalized spacial score (nSPS) is 11.5. The molecule has 1 amide bonds. The van der Waals surface area contributed by atoms with Crippen LogP contribution in [-0.4, -0.2) is 20.6 Å². The fraction of sp³-hybridized carbons (Fsp3) is 0.118. The Bertz CT molecular complexity index is 875. The van der Waals surface area contributed by atoms with Crippen molar-refractivity contribution in [1.29, 1.82) is 0 Å². The van der Waals surface area contributed by atoms with Crippen molar-refractivity contribution in [3.63, 3.8) is 0 Å². The number of anilines is 2. The number of benzene rings is 2. The van der Waals surface area contributed by atoms with Gasteiger partial charge in [0.2, 0.25) is 15.9 Å². The molecular formula is C17H17BrN2O3S. The summed E-state index contributed by atoms with van der Waals surface area (Å²) in [5, 5.41) is 2.82. The zero-order valence-electron chi connectivity index (χ0n) is 13.2. The third kappa shape index (κ3) is 5.82. The minimum atomic E-state index is -3.29. The van der Waals surface area contributed by atoms with Crippen LogP contribution in [0.1, 0.15) is 11.1 Å². The molecule has 0 aromatic heterocycles. The van der Waals surface area contributed by atoms with E-state index >= 15 is 0 Å². The number of halogens is 1. The summed E-state index contributed by atoms with van der Waals surface area (Å²) >= 11 is 3.37. The minimum Gasteiger partial charge on any atom is -0.322 e. The smallest absolute Gasteiger partial charge is 0.248 e. The van der Waals surface area contributed by atoms with Gasteiger partial charge in [-0.1, -0.05) is 34.1 Å². The molecule has 0 atom stereocenters. The summed E-state index contributed by atoms with van der Waals surface area (Å²) in [5.41, 5.74) is 2.97. The third-order valence-electron chi connectivity index (χ3n) is 3.10. The fourth-order valence-corrected chi connectivity index (χ4v) is 2.88. The molecule has 0 saturated heterocycles. The van der Waals surface area contributed by atoms with E-state index in [4.69, 9.17) is 0 Å². The Kier molecular flexibility index (Phi) is 5.80. The molecule has 5 nitrogen and oxygen atoms in total. The molecule has 0 aliphatic carbocycles. The topological polar surface area (TPSA) is 75.3 Å². The van der Waals surface area contributed by atoms with Crippen molar-refractivity contribution in [3.8, 4) is 0 Å². The van der Waals surface area contributed by atoms with Gasteiger partial charge >= 0.3 is 0 Å². The highest BCUT2D eigenvalue weighted by atomic mass is 79.9. The SMILES string of the molecule is Cc1ccc(Br)cc1NC(=O)/C=C/c1ccc(NS(C)(=O)=O)cc1. The Labute approximate surface area is 150 Å². The van der Waals surface area contributed by atoms with Crippen molar-refractivity contribution in [2.24, 2.45) is 0 Å². The van der Waals surface area contributed by atoms with Gasteiger partial charge < -0.3 is 5.32 Å². The molecular weight excluding hydrogens is 392 g/mol. The molecule has 0 spiro atoms. The molecule has 2 aromatic carbocycles. The first-order chi connectivity index (χ1) is 11.2. The van der Waals surface area contributed by atoms with E-state index in [1.807, 2.05) is 25.1 Å². The first-order valence-electron chi connectivity index (χ1n) is 7.06. The Morgan fingerprint density at radius 3 is 2.42 bits per heavy atom. The van der Waals surface area contributed by atoms with Gasteiger partial charge in [0.05, 0.1) is 6.26 Å². The van der Waals surface area contributed by atoms with E-state index in [9.17, 15) is 13.2 Å². The second-order valence-corrected chi connectivity index (χ2v) is 7.94. The maximum Gasteiger partial charge on any atom is 0.248 e. The lowest BCUT2D eigenvalue weighted by Gasteiger charge is -2.06. The highest BCUT2D eigenvalue weighted by Crippen LogP contribution is 2.20. The van der Waals surface area contributed by atoms with Crippen LogP contribution in [0.25, 0.3) is 6.08 Å². The summed E-state index contributed by atoms with van der Waals surface area (Å²) in [6, 6.07) is 12.4. The molecule has 0 aliphatic rings. The van der Waals surface area contributed by atoms with Gasteiger partial charge in [0.15, 0.2) is 0 Å². The zero-order chi connectivity index (χ0) is 17.7. The number of nitrogens with one attached hydrogen (secondary N) is 2. The molecule has 126 valence electrons. The highest BCUT2D eigenvalue weighted by Gasteiger charge is 2.03. The Hall–Kier alpha value is -2.12. The van der Waals surface area contributed by atoms with Crippen LogP contribution < -0.4 is 10.0 Å². The van der Waals surface area contributed by atoms with Crippen molar-refractivity contribution >= 4 is 49.3 Å². The Morgan fingerprint density at radius 1 is 1.12 bits per heavy atom. The van der Waals surface area contributed by atoms with Crippen LogP contribution in [0.3, 0.4) is 0 Å². The van der Waals surface area contributed by atoms with E-state index in [2.05, 4.69) is 26.0 Å². The summed E-state index contributed by atoms with van der Waals surface area (Å²) in [5.74, 6) is -0.241. The van der Waals surface area contributed by atoms with Gasteiger partial charge in [0.1, 0.15) is 0 Å². The van der Waals surface area contributed by atoms with Gasteiger partial charge in [-0.25, -0.2) is 8.42 Å². The van der Waals surface area contributed by atoms with Crippen LogP contribution in [0.15, 0.2) is 53.0 Å². The fourth-order valence-electron chi connectivity index (χ4n) is 1.95. The van der Waals surface area contributed by atoms with Gasteiger partial charge in [-0.2, -0.15) is 0 Å². The van der Waals surface area contributed by atoms with Crippen LogP contribution in [0, 0.1) is 6.92 Å². The van der Waals surface area contributed by atoms with Crippen molar-refractivity contribution in [2.45, 2.75) is 6.92 Å². The van der Waals surface area contributed by atoms with Gasteiger partial charge in [0.25, 0.3) is 0 Å². The second-order valence-electron chi connectivity index (χ2n) is 5.28. The summed E-state index contributed by atoms with van der Waals surface area (Å²) in [7, 11) is -3.29. The van der Waals surface area contributed by atoms with E-state index in [-0.39, 0.29) is 5.91 Å². The summed E-state index contributed by atoms with van der Waals surface area (Å²) in [4.78, 5) is 12.0. The quantitative estimate of drug-likeness (QED) is 0.738. The van der Waals surface area contributed by atoms with Gasteiger partial charge in [0, 0.05) is 21.9 Å². The summed E-state index contributed by atoms with van der Waals surface area (Å²) < 4.78 is 25.6. The van der Waals surface area contributed by atoms with Gasteiger partial charge in [-0.3, -0.25) is 9.52 Å². The molecule has 0 aliphatic heterocycles. The Morgan fingerprint density at radius 2 is 1.79 bits per heavy atom. The standard InChI is InChI=1S/C17H17BrN2O3S/c1-12-3-7-14(18)11-16(12)19-17(21)10-6-13-4-8-15(9-5-13)20-24(2,22)23/h3-11,20H,1-2H3,(H,19,21)/b10-6+. The van der Waals surface area contributed by atoms with E-state index in [0.717, 1.165) is 27.5 Å². The minimum absolute atomic E-state index is 0.241. The highest BCUT2D eigenvalue weighted by molar-refractivity contribution is 9.10. The molecule has 0 saturated carbocycles. The molecule has 2 N–H and O–H groups in total. The van der Waals surface area contributed by atoms with Crippen LogP contribution in [0.5, 0.6) is 0 Å². The molecule has 0 unspecified atom stereocenters. The third-order valence-corrected chi connectivity index (χ3v) is 4.20. The van der Waals surface area contributed by atoms with Crippen LogP contribution >= 0.6 is 15.9 Å². The van der Waals surface area contributed by atoms with Crippen molar-refractivity contribution < 1.29 is 13.2 Å². The number of amides is 1.